The first-order valence-corrected chi connectivity index (χ1v) is 19.6. The maximum absolute atomic E-state index is 15.4. The van der Waals surface area contributed by atoms with Crippen molar-refractivity contribution in [1.29, 1.82) is 0 Å². The van der Waals surface area contributed by atoms with E-state index in [1.165, 1.54) is 13.8 Å². The summed E-state index contributed by atoms with van der Waals surface area (Å²) < 4.78 is 151. The van der Waals surface area contributed by atoms with E-state index in [-0.39, 0.29) is 53.8 Å². The van der Waals surface area contributed by atoms with E-state index < -0.39 is 82.9 Å². The van der Waals surface area contributed by atoms with Crippen molar-refractivity contribution in [2.45, 2.75) is 120 Å². The van der Waals surface area contributed by atoms with Crippen molar-refractivity contribution in [1.82, 2.24) is 0 Å². The lowest BCUT2D eigenvalue weighted by Gasteiger charge is -2.63. The molecule has 16 heteroatoms. The van der Waals surface area contributed by atoms with E-state index in [9.17, 15) is 46.8 Å². The fraction of sp³-hybridized carbons (Fsp3) is 1.00. The van der Waals surface area contributed by atoms with E-state index in [0.29, 0.717) is 41.9 Å². The van der Waals surface area contributed by atoms with Crippen molar-refractivity contribution in [2.24, 2.45) is 107 Å². The molecule has 308 valence electrons. The largest absolute Gasteiger partial charge is 0.449 e. The van der Waals surface area contributed by atoms with Gasteiger partial charge in [-0.3, -0.25) is 0 Å². The van der Waals surface area contributed by atoms with Crippen LogP contribution in [-0.2, 0) is 9.47 Å². The van der Waals surface area contributed by atoms with E-state index in [0.717, 1.165) is 12.8 Å². The minimum Gasteiger partial charge on any atom is -0.383 e. The van der Waals surface area contributed by atoms with Crippen LogP contribution in [0.15, 0.2) is 0 Å². The number of rotatable bonds is 0. The minimum atomic E-state index is -5.73. The molecular weight excluding hydrogens is 742 g/mol. The Hall–Kier alpha value is -0.940. The summed E-state index contributed by atoms with van der Waals surface area (Å²) in [5, 5.41) is 42.4. The quantitative estimate of drug-likeness (QED) is 0.158. The Morgan fingerprint density at radius 3 is 1.35 bits per heavy atom. The number of hydrogen-bond acceptors (Lipinski definition) is 6. The lowest BCUT2D eigenvalue weighted by atomic mass is 9.52. The standard InChI is InChI=1S/C20H27F5O3.C18H23F5O3/c1-7-8(2)10-5-9(7)13-11-6-12(14(10)13)17(26)15(11)16(3,4)28-19(27,18(17,21)22)20(23,24)25;1-6-7(2)9-3-8(6)13-10-4-11(14(9)13)15(24)12(10)5-26-17(25,16(15,19)20)18(21,22)23/h7-15,26-27H,5-6H2,1-4H3;6-14,24-25H,3-5H2,1-2H3. The SMILES string of the molecule is CC1C(C)C2CC1C1C3CC(C21)C1(O)C3C(C)(C)OC(O)(C(F)(F)F)C1(F)F.CC1C(C)C2CC1C1C3CC(C21)C1(O)C3COC(O)(C(F)(F)F)C1(F)F. The molecule has 10 rings (SSSR count). The first-order valence-electron chi connectivity index (χ1n) is 19.6. The van der Waals surface area contributed by atoms with Crippen LogP contribution in [0.4, 0.5) is 43.9 Å². The third kappa shape index (κ3) is 3.82. The average molecular weight is 793 g/mol. The van der Waals surface area contributed by atoms with Crippen molar-refractivity contribution in [2.75, 3.05) is 6.61 Å². The van der Waals surface area contributed by atoms with Crippen LogP contribution >= 0.6 is 0 Å². The molecule has 0 spiro atoms. The van der Waals surface area contributed by atoms with Gasteiger partial charge >= 0.3 is 35.8 Å². The highest BCUT2D eigenvalue weighted by atomic mass is 19.4. The first-order chi connectivity index (χ1) is 24.5. The molecule has 4 N–H and O–H groups in total. The number of aliphatic hydroxyl groups is 4. The van der Waals surface area contributed by atoms with Crippen molar-refractivity contribution in [3.05, 3.63) is 0 Å². The van der Waals surface area contributed by atoms with Gasteiger partial charge in [0.1, 0.15) is 11.2 Å². The molecule has 0 radical (unpaired) electrons. The van der Waals surface area contributed by atoms with Crippen molar-refractivity contribution < 1.29 is 73.8 Å². The number of ether oxygens (including phenoxy) is 2. The molecule has 2 aliphatic heterocycles. The van der Waals surface area contributed by atoms with Gasteiger partial charge in [-0.2, -0.15) is 43.9 Å². The Morgan fingerprint density at radius 2 is 0.889 bits per heavy atom. The number of alkyl halides is 10. The molecule has 0 aromatic rings. The molecule has 10 fully saturated rings. The first kappa shape index (κ1) is 38.6. The molecular formula is C38H50F10O6. The van der Waals surface area contributed by atoms with Gasteiger partial charge in [-0.15, -0.1) is 0 Å². The number of halogens is 10. The van der Waals surface area contributed by atoms with Gasteiger partial charge in [0, 0.05) is 11.8 Å². The lowest BCUT2D eigenvalue weighted by molar-refractivity contribution is -0.512. The van der Waals surface area contributed by atoms with E-state index in [1.54, 1.807) is 0 Å². The molecule has 54 heavy (non-hydrogen) atoms. The van der Waals surface area contributed by atoms with E-state index in [4.69, 9.17) is 4.74 Å². The topological polar surface area (TPSA) is 99.4 Å². The van der Waals surface area contributed by atoms with Gasteiger partial charge < -0.3 is 29.9 Å². The fourth-order valence-corrected chi connectivity index (χ4v) is 16.7. The summed E-state index contributed by atoms with van der Waals surface area (Å²) in [5.74, 6) is -21.1. The zero-order valence-electron chi connectivity index (χ0n) is 30.8. The summed E-state index contributed by atoms with van der Waals surface area (Å²) in [7, 11) is 0. The third-order valence-electron chi connectivity index (χ3n) is 18.7. The van der Waals surface area contributed by atoms with Crippen molar-refractivity contribution >= 4 is 0 Å². The minimum absolute atomic E-state index is 0.141. The van der Waals surface area contributed by atoms with Crippen LogP contribution in [-0.4, -0.2) is 79.6 Å². The highest BCUT2D eigenvalue weighted by Crippen LogP contribution is 2.80. The Kier molecular flexibility index (Phi) is 7.45. The van der Waals surface area contributed by atoms with Crippen LogP contribution in [0, 0.1) is 107 Å². The molecule has 6 nitrogen and oxygen atoms in total. The molecule has 2 saturated heterocycles. The van der Waals surface area contributed by atoms with Crippen LogP contribution in [0.3, 0.4) is 0 Å². The van der Waals surface area contributed by atoms with Gasteiger partial charge in [0.05, 0.1) is 12.2 Å². The van der Waals surface area contributed by atoms with Gasteiger partial charge in [-0.05, 0) is 134 Å². The summed E-state index contributed by atoms with van der Waals surface area (Å²) in [5.41, 5.74) is -7.53. The molecule has 0 amide bonds. The summed E-state index contributed by atoms with van der Waals surface area (Å²) in [6, 6.07) is 0. The summed E-state index contributed by atoms with van der Waals surface area (Å²) >= 11 is 0. The summed E-state index contributed by atoms with van der Waals surface area (Å²) in [4.78, 5) is 0. The highest BCUT2D eigenvalue weighted by molar-refractivity contribution is 5.30. The second kappa shape index (κ2) is 10.4. The summed E-state index contributed by atoms with van der Waals surface area (Å²) in [6.07, 6.45) is -9.04. The molecule has 2 heterocycles. The molecule has 8 aliphatic carbocycles. The van der Waals surface area contributed by atoms with Gasteiger partial charge in [0.2, 0.25) is 0 Å². The summed E-state index contributed by atoms with van der Waals surface area (Å²) in [6.45, 7) is 10.4. The Morgan fingerprint density at radius 1 is 0.500 bits per heavy atom. The fourth-order valence-electron chi connectivity index (χ4n) is 16.7. The molecule has 22 unspecified atom stereocenters. The predicted octanol–water partition coefficient (Wildman–Crippen LogP) is 6.89. The van der Waals surface area contributed by atoms with Crippen molar-refractivity contribution in [3.63, 3.8) is 0 Å². The van der Waals surface area contributed by atoms with Gasteiger partial charge in [-0.25, -0.2) is 0 Å². The monoisotopic (exact) mass is 792 g/mol. The van der Waals surface area contributed by atoms with E-state index in [2.05, 4.69) is 32.4 Å². The highest BCUT2D eigenvalue weighted by Gasteiger charge is 2.91. The van der Waals surface area contributed by atoms with Gasteiger partial charge in [0.15, 0.2) is 0 Å². The molecule has 8 saturated carbocycles. The van der Waals surface area contributed by atoms with Crippen LogP contribution in [0.2, 0.25) is 0 Å². The molecule has 22 atom stereocenters. The average Bonchev–Trinajstić information content (AvgIpc) is 3.89. The third-order valence-corrected chi connectivity index (χ3v) is 18.7. The van der Waals surface area contributed by atoms with E-state index in [1.807, 2.05) is 0 Å². The van der Waals surface area contributed by atoms with Crippen LogP contribution in [0.25, 0.3) is 0 Å². The second-order valence-corrected chi connectivity index (χ2v) is 20.1. The Bertz CT molecular complexity index is 1610. The van der Waals surface area contributed by atoms with Gasteiger partial charge in [0.25, 0.3) is 0 Å². The lowest BCUT2D eigenvalue weighted by Crippen LogP contribution is -2.81. The molecule has 0 aromatic heterocycles. The predicted molar refractivity (Wildman–Crippen MR) is 167 cm³/mol. The zero-order chi connectivity index (χ0) is 39.8. The Balaban J connectivity index is 0.000000143. The van der Waals surface area contributed by atoms with Gasteiger partial charge in [-0.1, -0.05) is 27.7 Å². The van der Waals surface area contributed by atoms with Crippen LogP contribution < -0.4 is 0 Å². The molecule has 0 aromatic carbocycles. The van der Waals surface area contributed by atoms with E-state index >= 15 is 17.6 Å². The number of fused-ring (bicyclic) bond motifs is 24. The maximum atomic E-state index is 15.4. The zero-order valence-corrected chi connectivity index (χ0v) is 30.8. The molecule has 8 bridgehead atoms. The smallest absolute Gasteiger partial charge is 0.383 e. The van der Waals surface area contributed by atoms with Crippen molar-refractivity contribution in [3.8, 4) is 0 Å². The normalized spacial score (nSPS) is 61.6. The van der Waals surface area contributed by atoms with Crippen LogP contribution in [0.5, 0.6) is 0 Å². The maximum Gasteiger partial charge on any atom is 0.449 e. The Labute approximate surface area is 306 Å². The molecule has 10 aliphatic rings. The second-order valence-electron chi connectivity index (χ2n) is 20.1. The van der Waals surface area contributed by atoms with Crippen LogP contribution in [0.1, 0.15) is 67.2 Å². The number of hydrogen-bond donors (Lipinski definition) is 4.